The molecule has 0 saturated carbocycles. The number of para-hydroxylation sites is 1. The van der Waals surface area contributed by atoms with Gasteiger partial charge in [0.05, 0.1) is 5.69 Å². The lowest BCUT2D eigenvalue weighted by Crippen LogP contribution is -2.52. The summed E-state index contributed by atoms with van der Waals surface area (Å²) in [5.74, 6) is 1.73. The van der Waals surface area contributed by atoms with E-state index in [4.69, 9.17) is 9.52 Å². The molecule has 0 bridgehead atoms. The maximum Gasteiger partial charge on any atom is 0.194 e. The van der Waals surface area contributed by atoms with Crippen LogP contribution in [-0.2, 0) is 13.1 Å². The number of hydrogen-bond acceptors (Lipinski definition) is 6. The van der Waals surface area contributed by atoms with Crippen LogP contribution in [0.15, 0.2) is 58.5 Å². The summed E-state index contributed by atoms with van der Waals surface area (Å²) >= 11 is 0. The molecule has 2 aromatic heterocycles. The average molecular weight is 522 g/mol. The molecule has 4 rings (SSSR count). The number of nitrogens with one attached hydrogen (secondary N) is 1. The zero-order valence-corrected chi connectivity index (χ0v) is 19.3. The maximum atomic E-state index is 4.93. The van der Waals surface area contributed by atoms with E-state index < -0.39 is 0 Å². The third kappa shape index (κ3) is 5.57. The molecule has 1 N–H and O–H groups in total. The number of benzene rings is 1. The van der Waals surface area contributed by atoms with Crippen LogP contribution >= 0.6 is 24.0 Å². The molecule has 1 aliphatic rings. The van der Waals surface area contributed by atoms with E-state index in [0.717, 1.165) is 62.4 Å². The highest BCUT2D eigenvalue weighted by molar-refractivity contribution is 14.0. The van der Waals surface area contributed by atoms with Gasteiger partial charge >= 0.3 is 0 Å². The predicted molar refractivity (Wildman–Crippen MR) is 125 cm³/mol. The van der Waals surface area contributed by atoms with Gasteiger partial charge in [-0.25, -0.2) is 4.99 Å². The number of nitrogens with zero attached hydrogens (tertiary/aromatic N) is 7. The number of guanidine groups is 1. The minimum Gasteiger partial charge on any atom is -0.364 e. The lowest BCUT2D eigenvalue weighted by molar-refractivity contribution is 0.169. The lowest BCUT2D eigenvalue weighted by Gasteiger charge is -2.36. The fourth-order valence-electron chi connectivity index (χ4n) is 3.41. The summed E-state index contributed by atoms with van der Waals surface area (Å²) in [5, 5.41) is 15.7. The molecule has 0 radical (unpaired) electrons. The highest BCUT2D eigenvalue weighted by atomic mass is 127. The van der Waals surface area contributed by atoms with Crippen molar-refractivity contribution in [2.24, 2.45) is 4.99 Å². The zero-order valence-electron chi connectivity index (χ0n) is 17.0. The van der Waals surface area contributed by atoms with Crippen molar-refractivity contribution in [3.63, 3.8) is 0 Å². The number of aliphatic imine (C=N–C) groups is 1. The van der Waals surface area contributed by atoms with Crippen molar-refractivity contribution < 1.29 is 4.52 Å². The standard InChI is InChI=1S/C20H26N8O.HI/c1-2-21-20(27-11-9-26(10-12-27)15-17-8-13-29-25-17)22-14-19-24-23-16-28(19)18-6-4-3-5-7-18;/h3-8,13,16H,2,9-12,14-15H2,1H3,(H,21,22);1H. The van der Waals surface area contributed by atoms with Crippen molar-refractivity contribution in [1.29, 1.82) is 0 Å². The maximum absolute atomic E-state index is 4.93. The van der Waals surface area contributed by atoms with Crippen molar-refractivity contribution in [2.45, 2.75) is 20.0 Å². The Kier molecular flexibility index (Phi) is 8.20. The number of rotatable bonds is 6. The van der Waals surface area contributed by atoms with Crippen molar-refractivity contribution in [3.8, 4) is 5.69 Å². The Balaban J connectivity index is 0.00000256. The van der Waals surface area contributed by atoms with E-state index in [1.165, 1.54) is 0 Å². The van der Waals surface area contributed by atoms with Crippen LogP contribution < -0.4 is 5.32 Å². The molecule has 0 spiro atoms. The second kappa shape index (κ2) is 11.1. The number of halogens is 1. The first-order valence-electron chi connectivity index (χ1n) is 9.92. The van der Waals surface area contributed by atoms with E-state index >= 15 is 0 Å². The van der Waals surface area contributed by atoms with Crippen LogP contribution in [0, 0.1) is 0 Å². The van der Waals surface area contributed by atoms with Crippen LogP contribution in [0.2, 0.25) is 0 Å². The van der Waals surface area contributed by atoms with Gasteiger partial charge in [0.2, 0.25) is 0 Å². The number of hydrogen-bond donors (Lipinski definition) is 1. The van der Waals surface area contributed by atoms with E-state index in [1.807, 2.05) is 41.0 Å². The van der Waals surface area contributed by atoms with E-state index in [1.54, 1.807) is 12.6 Å². The fourth-order valence-corrected chi connectivity index (χ4v) is 3.41. The Morgan fingerprint density at radius 1 is 1.13 bits per heavy atom. The molecule has 1 aromatic carbocycles. The molecule has 1 aliphatic heterocycles. The largest absolute Gasteiger partial charge is 0.364 e. The molecule has 160 valence electrons. The molecule has 1 saturated heterocycles. The monoisotopic (exact) mass is 522 g/mol. The summed E-state index contributed by atoms with van der Waals surface area (Å²) < 4.78 is 6.90. The number of aromatic nitrogens is 4. The smallest absolute Gasteiger partial charge is 0.194 e. The highest BCUT2D eigenvalue weighted by Crippen LogP contribution is 2.11. The van der Waals surface area contributed by atoms with Crippen LogP contribution in [0.3, 0.4) is 0 Å². The Labute approximate surface area is 193 Å². The third-order valence-electron chi connectivity index (χ3n) is 4.91. The average Bonchev–Trinajstić information content (AvgIpc) is 3.44. The van der Waals surface area contributed by atoms with Crippen LogP contribution in [0.25, 0.3) is 5.69 Å². The first-order valence-corrected chi connectivity index (χ1v) is 9.92. The SMILES string of the molecule is CCNC(=NCc1nncn1-c1ccccc1)N1CCN(Cc2ccon2)CC1.I. The first kappa shape index (κ1) is 22.2. The summed E-state index contributed by atoms with van der Waals surface area (Å²) in [7, 11) is 0. The molecular formula is C20H27IN8O. The van der Waals surface area contributed by atoms with Gasteiger partial charge in [-0.1, -0.05) is 23.4 Å². The van der Waals surface area contributed by atoms with Gasteiger partial charge in [-0.15, -0.1) is 34.2 Å². The van der Waals surface area contributed by atoms with Gasteiger partial charge < -0.3 is 14.7 Å². The molecule has 3 heterocycles. The molecule has 10 heteroatoms. The van der Waals surface area contributed by atoms with Gasteiger partial charge in [0.25, 0.3) is 0 Å². The first-order chi connectivity index (χ1) is 14.3. The van der Waals surface area contributed by atoms with Crippen molar-refractivity contribution in [2.75, 3.05) is 32.7 Å². The highest BCUT2D eigenvalue weighted by Gasteiger charge is 2.20. The van der Waals surface area contributed by atoms with Crippen molar-refractivity contribution in [1.82, 2.24) is 35.0 Å². The summed E-state index contributed by atoms with van der Waals surface area (Å²) in [6.45, 7) is 7.93. The van der Waals surface area contributed by atoms with Gasteiger partial charge in [0, 0.05) is 51.0 Å². The molecule has 9 nitrogen and oxygen atoms in total. The van der Waals surface area contributed by atoms with Crippen molar-refractivity contribution in [3.05, 3.63) is 60.5 Å². The quantitative estimate of drug-likeness (QED) is 0.302. The molecule has 0 unspecified atom stereocenters. The van der Waals surface area contributed by atoms with E-state index in [0.29, 0.717) is 6.54 Å². The minimum atomic E-state index is 0. The topological polar surface area (TPSA) is 87.6 Å². The van der Waals surface area contributed by atoms with E-state index in [9.17, 15) is 0 Å². The molecule has 0 amide bonds. The van der Waals surface area contributed by atoms with Gasteiger partial charge in [0.1, 0.15) is 19.1 Å². The number of piperazine rings is 1. The van der Waals surface area contributed by atoms with Gasteiger partial charge in [-0.3, -0.25) is 9.47 Å². The second-order valence-corrected chi connectivity index (χ2v) is 6.88. The van der Waals surface area contributed by atoms with E-state index in [-0.39, 0.29) is 24.0 Å². The minimum absolute atomic E-state index is 0. The fraction of sp³-hybridized carbons (Fsp3) is 0.400. The molecule has 30 heavy (non-hydrogen) atoms. The Hall–Kier alpha value is -2.47. The lowest BCUT2D eigenvalue weighted by atomic mass is 10.3. The van der Waals surface area contributed by atoms with Crippen molar-refractivity contribution >= 4 is 29.9 Å². The Bertz CT molecular complexity index is 904. The Morgan fingerprint density at radius 2 is 1.93 bits per heavy atom. The van der Waals surface area contributed by atoms with Crippen LogP contribution in [0.5, 0.6) is 0 Å². The summed E-state index contributed by atoms with van der Waals surface area (Å²) in [5.41, 5.74) is 2.01. The van der Waals surface area contributed by atoms with Crippen LogP contribution in [-0.4, -0.2) is 68.4 Å². The third-order valence-corrected chi connectivity index (χ3v) is 4.91. The normalized spacial score (nSPS) is 15.1. The van der Waals surface area contributed by atoms with Gasteiger partial charge in [-0.05, 0) is 19.1 Å². The summed E-state index contributed by atoms with van der Waals surface area (Å²) in [4.78, 5) is 9.51. The summed E-state index contributed by atoms with van der Waals surface area (Å²) in [6, 6.07) is 12.0. The van der Waals surface area contributed by atoms with Gasteiger partial charge in [0.15, 0.2) is 11.8 Å². The molecule has 0 aliphatic carbocycles. The van der Waals surface area contributed by atoms with Gasteiger partial charge in [-0.2, -0.15) is 0 Å². The summed E-state index contributed by atoms with van der Waals surface area (Å²) in [6.07, 6.45) is 3.35. The molecule has 1 fully saturated rings. The molecular weight excluding hydrogens is 495 g/mol. The molecule has 0 atom stereocenters. The van der Waals surface area contributed by atoms with Crippen LogP contribution in [0.4, 0.5) is 0 Å². The predicted octanol–water partition coefficient (Wildman–Crippen LogP) is 2.16. The van der Waals surface area contributed by atoms with E-state index in [2.05, 4.69) is 37.4 Å². The molecule has 3 aromatic rings. The second-order valence-electron chi connectivity index (χ2n) is 6.88. The zero-order chi connectivity index (χ0) is 19.9. The Morgan fingerprint density at radius 3 is 2.63 bits per heavy atom. The van der Waals surface area contributed by atoms with Crippen LogP contribution in [0.1, 0.15) is 18.4 Å².